The molecule has 0 aromatic heterocycles. The molecule has 4 nitrogen and oxygen atoms in total. The smallest absolute Gasteiger partial charge is 0.243 e. The lowest BCUT2D eigenvalue weighted by atomic mass is 10.0. The van der Waals surface area contributed by atoms with Crippen LogP contribution < -0.4 is 5.32 Å². The van der Waals surface area contributed by atoms with Crippen LogP contribution in [0.3, 0.4) is 0 Å². The van der Waals surface area contributed by atoms with E-state index in [0.717, 1.165) is 23.1 Å². The van der Waals surface area contributed by atoms with Gasteiger partial charge in [0.2, 0.25) is 11.8 Å². The zero-order chi connectivity index (χ0) is 26.1. The monoisotopic (exact) mass is 524 g/mol. The van der Waals surface area contributed by atoms with Gasteiger partial charge in [-0.2, -0.15) is 0 Å². The van der Waals surface area contributed by atoms with E-state index < -0.39 is 6.04 Å². The lowest BCUT2D eigenvalue weighted by molar-refractivity contribution is -0.141. The van der Waals surface area contributed by atoms with Gasteiger partial charge < -0.3 is 10.2 Å². The number of benzene rings is 3. The first-order valence-electron chi connectivity index (χ1n) is 12.4. The third-order valence-corrected chi connectivity index (χ3v) is 6.70. The summed E-state index contributed by atoms with van der Waals surface area (Å²) in [4.78, 5) is 28.8. The summed E-state index contributed by atoms with van der Waals surface area (Å²) in [5.74, 6) is -0.278. The summed E-state index contributed by atoms with van der Waals surface area (Å²) in [5, 5.41) is 4.00. The quantitative estimate of drug-likeness (QED) is 0.305. The molecule has 0 saturated carbocycles. The van der Waals surface area contributed by atoms with Crippen molar-refractivity contribution in [3.63, 3.8) is 0 Å². The van der Waals surface area contributed by atoms with Gasteiger partial charge in [0.1, 0.15) is 6.04 Å². The molecule has 0 fully saturated rings. The van der Waals surface area contributed by atoms with Gasteiger partial charge in [0.05, 0.1) is 0 Å². The third-order valence-electron chi connectivity index (χ3n) is 6.12. The van der Waals surface area contributed by atoms with Crippen molar-refractivity contribution in [2.75, 3.05) is 0 Å². The third kappa shape index (κ3) is 8.11. The molecule has 0 spiro atoms. The largest absolute Gasteiger partial charge is 0.352 e. The number of hydrogen-bond donors (Lipinski definition) is 1. The summed E-state index contributed by atoms with van der Waals surface area (Å²) in [7, 11) is 0. The Balaban J connectivity index is 1.91. The molecule has 3 aromatic carbocycles. The topological polar surface area (TPSA) is 49.4 Å². The molecule has 190 valence electrons. The minimum Gasteiger partial charge on any atom is -0.352 e. The fourth-order valence-electron chi connectivity index (χ4n) is 4.10. The first-order chi connectivity index (χ1) is 17.3. The van der Waals surface area contributed by atoms with Crippen LogP contribution in [0.2, 0.25) is 10.0 Å². The van der Waals surface area contributed by atoms with Gasteiger partial charge >= 0.3 is 0 Å². The highest BCUT2D eigenvalue weighted by Gasteiger charge is 2.31. The summed E-state index contributed by atoms with van der Waals surface area (Å²) >= 11 is 12.6. The minimum absolute atomic E-state index is 0.0519. The van der Waals surface area contributed by atoms with Crippen LogP contribution >= 0.6 is 23.2 Å². The molecule has 0 heterocycles. The molecule has 1 N–H and O–H groups in total. The molecule has 0 saturated heterocycles. The molecular weight excluding hydrogens is 491 g/mol. The first-order valence-corrected chi connectivity index (χ1v) is 13.2. The van der Waals surface area contributed by atoms with E-state index in [2.05, 4.69) is 36.5 Å². The highest BCUT2D eigenvalue weighted by atomic mass is 35.5. The van der Waals surface area contributed by atoms with E-state index in [4.69, 9.17) is 23.2 Å². The van der Waals surface area contributed by atoms with Crippen LogP contribution in [0.5, 0.6) is 0 Å². The number of carbonyl (C=O) groups excluding carboxylic acids is 2. The lowest BCUT2D eigenvalue weighted by Crippen LogP contribution is -2.51. The van der Waals surface area contributed by atoms with E-state index in [1.165, 1.54) is 5.56 Å². The van der Waals surface area contributed by atoms with Crippen molar-refractivity contribution in [1.29, 1.82) is 0 Å². The Bertz CT molecular complexity index is 1150. The van der Waals surface area contributed by atoms with Crippen molar-refractivity contribution < 1.29 is 9.59 Å². The van der Waals surface area contributed by atoms with E-state index in [0.29, 0.717) is 22.9 Å². The van der Waals surface area contributed by atoms with E-state index in [1.807, 2.05) is 50.2 Å². The van der Waals surface area contributed by atoms with Crippen LogP contribution in [-0.2, 0) is 35.4 Å². The lowest BCUT2D eigenvalue weighted by Gasteiger charge is -2.32. The summed E-state index contributed by atoms with van der Waals surface area (Å²) in [5.41, 5.74) is 4.09. The van der Waals surface area contributed by atoms with Gasteiger partial charge in [0, 0.05) is 35.5 Å². The summed E-state index contributed by atoms with van der Waals surface area (Å²) < 4.78 is 0. The van der Waals surface area contributed by atoms with Crippen LogP contribution in [0, 0.1) is 0 Å². The molecule has 0 aliphatic carbocycles. The molecule has 36 heavy (non-hydrogen) atoms. The van der Waals surface area contributed by atoms with Crippen LogP contribution in [0.25, 0.3) is 0 Å². The predicted octanol–water partition coefficient (Wildman–Crippen LogP) is 6.65. The second-order valence-electron chi connectivity index (χ2n) is 9.30. The summed E-state index contributed by atoms with van der Waals surface area (Å²) in [6.45, 7) is 6.17. The molecule has 0 aliphatic heterocycles. The SMILES string of the molecule is CCc1ccc(CCC(=O)N(Cc2ccc(Cl)cc2Cl)[C@@H](Cc2ccccc2)C(=O)NC(C)C)cc1. The second-order valence-corrected chi connectivity index (χ2v) is 10.1. The standard InChI is InChI=1S/C30H34Cl2N2O2/c1-4-22-10-12-23(13-11-22)14-17-29(35)34(20-25-15-16-26(31)19-27(25)32)28(30(36)33-21(2)3)18-24-8-6-5-7-9-24/h5-13,15-16,19,21,28H,4,14,17-18,20H2,1-3H3,(H,33,36)/t28-/m0/s1. The highest BCUT2D eigenvalue weighted by Crippen LogP contribution is 2.25. The van der Waals surface area contributed by atoms with Crippen molar-refractivity contribution in [1.82, 2.24) is 10.2 Å². The molecule has 0 unspecified atom stereocenters. The zero-order valence-electron chi connectivity index (χ0n) is 21.1. The molecule has 0 radical (unpaired) electrons. The van der Waals surface area contributed by atoms with Crippen LogP contribution in [0.15, 0.2) is 72.8 Å². The molecule has 0 bridgehead atoms. The number of rotatable bonds is 11. The summed E-state index contributed by atoms with van der Waals surface area (Å²) in [6.07, 6.45) is 2.26. The van der Waals surface area contributed by atoms with Gasteiger partial charge in [-0.25, -0.2) is 0 Å². The molecule has 2 amide bonds. The number of amides is 2. The van der Waals surface area contributed by atoms with Crippen LogP contribution in [0.4, 0.5) is 0 Å². The number of aryl methyl sites for hydroxylation is 2. The molecular formula is C30H34Cl2N2O2. The number of carbonyl (C=O) groups is 2. The second kappa shape index (κ2) is 13.5. The van der Waals surface area contributed by atoms with E-state index >= 15 is 0 Å². The summed E-state index contributed by atoms with van der Waals surface area (Å²) in [6, 6.07) is 22.6. The van der Waals surface area contributed by atoms with Gasteiger partial charge in [-0.15, -0.1) is 0 Å². The van der Waals surface area contributed by atoms with Crippen LogP contribution in [-0.4, -0.2) is 28.8 Å². The maximum absolute atomic E-state index is 13.7. The molecule has 1 atom stereocenters. The molecule has 0 aliphatic rings. The van der Waals surface area contributed by atoms with Crippen molar-refractivity contribution >= 4 is 35.0 Å². The molecule has 3 rings (SSSR count). The van der Waals surface area contributed by atoms with Gasteiger partial charge in [0.25, 0.3) is 0 Å². The van der Waals surface area contributed by atoms with Gasteiger partial charge in [-0.1, -0.05) is 90.8 Å². The van der Waals surface area contributed by atoms with Gasteiger partial charge in [-0.05, 0) is 61.1 Å². The Morgan fingerprint density at radius 1 is 0.889 bits per heavy atom. The average molecular weight is 526 g/mol. The van der Waals surface area contributed by atoms with Gasteiger partial charge in [-0.3, -0.25) is 9.59 Å². The number of hydrogen-bond acceptors (Lipinski definition) is 2. The van der Waals surface area contributed by atoms with Crippen molar-refractivity contribution in [2.24, 2.45) is 0 Å². The number of nitrogens with one attached hydrogen (secondary N) is 1. The number of nitrogens with zero attached hydrogens (tertiary/aromatic N) is 1. The minimum atomic E-state index is -0.684. The molecule has 6 heteroatoms. The van der Waals surface area contributed by atoms with Crippen molar-refractivity contribution in [2.45, 2.75) is 65.1 Å². The predicted molar refractivity (Wildman–Crippen MR) is 148 cm³/mol. The Hall–Kier alpha value is -2.82. The normalized spacial score (nSPS) is 11.8. The van der Waals surface area contributed by atoms with Crippen molar-refractivity contribution in [3.05, 3.63) is 105 Å². The van der Waals surface area contributed by atoms with Crippen molar-refractivity contribution in [3.8, 4) is 0 Å². The molecule has 3 aromatic rings. The van der Waals surface area contributed by atoms with E-state index in [-0.39, 0.29) is 30.8 Å². The van der Waals surface area contributed by atoms with E-state index in [1.54, 1.807) is 17.0 Å². The zero-order valence-corrected chi connectivity index (χ0v) is 22.6. The van der Waals surface area contributed by atoms with Gasteiger partial charge in [0.15, 0.2) is 0 Å². The Kier molecular flexibility index (Phi) is 10.4. The maximum atomic E-state index is 13.7. The Morgan fingerprint density at radius 2 is 1.56 bits per heavy atom. The Morgan fingerprint density at radius 3 is 2.17 bits per heavy atom. The Labute approximate surface area is 224 Å². The fraction of sp³-hybridized carbons (Fsp3) is 0.333. The highest BCUT2D eigenvalue weighted by molar-refractivity contribution is 6.35. The van der Waals surface area contributed by atoms with Crippen LogP contribution in [0.1, 0.15) is 49.4 Å². The first kappa shape index (κ1) is 27.8. The van der Waals surface area contributed by atoms with E-state index in [9.17, 15) is 9.59 Å². The average Bonchev–Trinajstić information content (AvgIpc) is 2.86. The number of halogens is 2. The fourth-order valence-corrected chi connectivity index (χ4v) is 4.57. The maximum Gasteiger partial charge on any atom is 0.243 e.